The third kappa shape index (κ3) is 3.71. The molecule has 0 unspecified atom stereocenters. The molecular formula is C18H12F3NO2S2. The van der Waals surface area contributed by atoms with Crippen LogP contribution in [0.25, 0.3) is 12.2 Å². The summed E-state index contributed by atoms with van der Waals surface area (Å²) < 4.78 is 41.1. The number of hydrogen-bond donors (Lipinski definition) is 0. The third-order valence-electron chi connectivity index (χ3n) is 3.63. The number of alkyl halides is 3. The van der Waals surface area contributed by atoms with Crippen molar-refractivity contribution >= 4 is 40.6 Å². The van der Waals surface area contributed by atoms with Crippen molar-refractivity contribution < 1.29 is 18.0 Å². The molecule has 0 aliphatic rings. The molecule has 3 aromatic rings. The summed E-state index contributed by atoms with van der Waals surface area (Å²) in [6.07, 6.45) is -1.98. The van der Waals surface area contributed by atoms with Gasteiger partial charge in [0.2, 0.25) is 0 Å². The number of benzene rings is 1. The Kier molecular flexibility index (Phi) is 4.97. The van der Waals surface area contributed by atoms with Crippen LogP contribution in [0.3, 0.4) is 0 Å². The normalized spacial score (nSPS) is 13.4. The van der Waals surface area contributed by atoms with Crippen molar-refractivity contribution in [1.29, 1.82) is 0 Å². The summed E-state index contributed by atoms with van der Waals surface area (Å²) in [5.41, 5.74) is -1.34. The Morgan fingerprint density at radius 3 is 2.54 bits per heavy atom. The lowest BCUT2D eigenvalue weighted by molar-refractivity contribution is -0.137. The largest absolute Gasteiger partial charge is 0.416 e. The molecule has 0 radical (unpaired) electrons. The Hall–Kier alpha value is -2.45. The number of rotatable bonds is 3. The molecule has 0 atom stereocenters. The maximum Gasteiger partial charge on any atom is 0.416 e. The first-order chi connectivity index (χ1) is 12.3. The monoisotopic (exact) mass is 395 g/mol. The van der Waals surface area contributed by atoms with Crippen molar-refractivity contribution in [3.05, 3.63) is 77.3 Å². The number of carbonyl (C=O) groups is 1. The molecule has 0 N–H and O–H groups in total. The number of thiophene rings is 1. The van der Waals surface area contributed by atoms with Crippen molar-refractivity contribution in [2.45, 2.75) is 6.18 Å². The highest BCUT2D eigenvalue weighted by molar-refractivity contribution is 7.12. The fraction of sp³-hybridized carbons (Fsp3) is 0.111. The summed E-state index contributed by atoms with van der Waals surface area (Å²) in [7, 11) is 1.49. The zero-order valence-corrected chi connectivity index (χ0v) is 15.0. The van der Waals surface area contributed by atoms with E-state index in [0.717, 1.165) is 17.4 Å². The lowest BCUT2D eigenvalue weighted by Crippen LogP contribution is -2.29. The predicted molar refractivity (Wildman–Crippen MR) is 96.9 cm³/mol. The number of carbonyl (C=O) groups excluding carboxylic acids is 1. The minimum Gasteiger partial charge on any atom is -0.302 e. The Labute approximate surface area is 154 Å². The summed E-state index contributed by atoms with van der Waals surface area (Å²) in [4.78, 5) is 25.1. The molecule has 3 nitrogen and oxygen atoms in total. The molecule has 0 aliphatic carbocycles. The molecular weight excluding hydrogens is 383 g/mol. The standard InChI is InChI=1S/C18H12F3NO2S2/c1-22-16(10-13(23)14-7-4-8-25-14)26-15(17(22)24)9-11-5-2-3-6-12(11)18(19,20)21/h2-10H,1H3/b15-9+,16-10-. The molecule has 2 heterocycles. The van der Waals surface area contributed by atoms with E-state index in [0.29, 0.717) is 9.54 Å². The van der Waals surface area contributed by atoms with Crippen LogP contribution in [-0.4, -0.2) is 10.4 Å². The second-order valence-electron chi connectivity index (χ2n) is 5.38. The average molecular weight is 395 g/mol. The lowest BCUT2D eigenvalue weighted by Gasteiger charge is -2.09. The molecule has 0 fully saturated rings. The number of halogens is 3. The van der Waals surface area contributed by atoms with Gasteiger partial charge in [0.1, 0.15) is 4.66 Å². The maximum absolute atomic E-state index is 13.1. The smallest absolute Gasteiger partial charge is 0.302 e. The van der Waals surface area contributed by atoms with E-state index in [9.17, 15) is 22.8 Å². The highest BCUT2D eigenvalue weighted by Gasteiger charge is 2.32. The Morgan fingerprint density at radius 2 is 1.88 bits per heavy atom. The molecule has 0 amide bonds. The fourth-order valence-corrected chi connectivity index (χ4v) is 3.99. The van der Waals surface area contributed by atoms with Crippen LogP contribution in [0.5, 0.6) is 0 Å². The van der Waals surface area contributed by atoms with Gasteiger partial charge in [-0.15, -0.1) is 22.7 Å². The molecule has 26 heavy (non-hydrogen) atoms. The second-order valence-corrected chi connectivity index (χ2v) is 7.39. The van der Waals surface area contributed by atoms with Gasteiger partial charge in [-0.1, -0.05) is 24.3 Å². The van der Waals surface area contributed by atoms with Gasteiger partial charge in [-0.25, -0.2) is 0 Å². The van der Waals surface area contributed by atoms with Gasteiger partial charge in [0.15, 0.2) is 5.78 Å². The van der Waals surface area contributed by atoms with E-state index in [2.05, 4.69) is 0 Å². The molecule has 0 bridgehead atoms. The van der Waals surface area contributed by atoms with E-state index in [1.54, 1.807) is 17.5 Å². The quantitative estimate of drug-likeness (QED) is 0.640. The number of thiazole rings is 1. The van der Waals surface area contributed by atoms with E-state index in [4.69, 9.17) is 0 Å². The first-order valence-electron chi connectivity index (χ1n) is 7.41. The van der Waals surface area contributed by atoms with Gasteiger partial charge in [-0.3, -0.25) is 9.59 Å². The molecule has 8 heteroatoms. The molecule has 0 saturated heterocycles. The number of ketones is 1. The van der Waals surface area contributed by atoms with Crippen LogP contribution < -0.4 is 14.8 Å². The van der Waals surface area contributed by atoms with Gasteiger partial charge in [0.05, 0.1) is 15.0 Å². The van der Waals surface area contributed by atoms with Gasteiger partial charge in [0.25, 0.3) is 5.56 Å². The topological polar surface area (TPSA) is 39.1 Å². The van der Waals surface area contributed by atoms with Crippen molar-refractivity contribution in [3.63, 3.8) is 0 Å². The van der Waals surface area contributed by atoms with Crippen LogP contribution in [0.4, 0.5) is 13.2 Å². The second kappa shape index (κ2) is 7.05. The first kappa shape index (κ1) is 18.3. The van der Waals surface area contributed by atoms with Crippen molar-refractivity contribution in [2.24, 2.45) is 7.05 Å². The van der Waals surface area contributed by atoms with Crippen molar-refractivity contribution in [2.75, 3.05) is 0 Å². The van der Waals surface area contributed by atoms with Gasteiger partial charge in [-0.2, -0.15) is 13.2 Å². The fourth-order valence-electron chi connectivity index (χ4n) is 2.33. The maximum atomic E-state index is 13.1. The summed E-state index contributed by atoms with van der Waals surface area (Å²) in [5, 5.41) is 1.77. The average Bonchev–Trinajstić information content (AvgIpc) is 3.20. The molecule has 3 rings (SSSR count). The highest BCUT2D eigenvalue weighted by Crippen LogP contribution is 2.32. The third-order valence-corrected chi connectivity index (χ3v) is 5.63. The van der Waals surface area contributed by atoms with Gasteiger partial charge in [0, 0.05) is 13.1 Å². The minimum atomic E-state index is -4.51. The first-order valence-corrected chi connectivity index (χ1v) is 9.10. The molecule has 1 aromatic carbocycles. The van der Waals surface area contributed by atoms with E-state index >= 15 is 0 Å². The molecule has 0 saturated carbocycles. The van der Waals surface area contributed by atoms with Gasteiger partial charge in [-0.05, 0) is 29.2 Å². The highest BCUT2D eigenvalue weighted by atomic mass is 32.1. The van der Waals surface area contributed by atoms with E-state index in [-0.39, 0.29) is 15.9 Å². The Balaban J connectivity index is 2.14. The molecule has 0 spiro atoms. The summed E-state index contributed by atoms with van der Waals surface area (Å²) in [6, 6.07) is 8.46. The van der Waals surface area contributed by atoms with Gasteiger partial charge < -0.3 is 4.57 Å². The summed E-state index contributed by atoms with van der Waals surface area (Å²) >= 11 is 2.26. The Bertz CT molecular complexity index is 1120. The number of Topliss-reactive ketones (excluding diaryl/α,β-unsaturated/α-hetero) is 1. The van der Waals surface area contributed by atoms with Crippen LogP contribution in [-0.2, 0) is 13.2 Å². The van der Waals surface area contributed by atoms with E-state index in [1.807, 2.05) is 0 Å². The zero-order valence-electron chi connectivity index (χ0n) is 13.4. The van der Waals surface area contributed by atoms with Crippen LogP contribution in [0, 0.1) is 0 Å². The summed E-state index contributed by atoms with van der Waals surface area (Å²) in [5.74, 6) is -0.251. The zero-order chi connectivity index (χ0) is 18.9. The SMILES string of the molecule is Cn1c(=O)/c(=C\c2ccccc2C(F)(F)F)s/c1=C\C(=O)c1cccs1. The molecule has 0 aliphatic heterocycles. The van der Waals surface area contributed by atoms with Crippen molar-refractivity contribution in [3.8, 4) is 0 Å². The van der Waals surface area contributed by atoms with Crippen LogP contribution in [0.15, 0.2) is 46.6 Å². The number of hydrogen-bond acceptors (Lipinski definition) is 4. The Morgan fingerprint density at radius 1 is 1.15 bits per heavy atom. The number of nitrogens with zero attached hydrogens (tertiary/aromatic N) is 1. The van der Waals surface area contributed by atoms with Crippen LogP contribution >= 0.6 is 22.7 Å². The van der Waals surface area contributed by atoms with E-state index < -0.39 is 17.3 Å². The van der Waals surface area contributed by atoms with Crippen LogP contribution in [0.1, 0.15) is 20.8 Å². The van der Waals surface area contributed by atoms with Gasteiger partial charge >= 0.3 is 6.18 Å². The van der Waals surface area contributed by atoms with Crippen molar-refractivity contribution in [1.82, 2.24) is 4.57 Å². The number of aromatic nitrogens is 1. The molecule has 134 valence electrons. The minimum absolute atomic E-state index is 0.0879. The lowest BCUT2D eigenvalue weighted by atomic mass is 10.1. The van der Waals surface area contributed by atoms with Crippen LogP contribution in [0.2, 0.25) is 0 Å². The van der Waals surface area contributed by atoms with E-state index in [1.165, 1.54) is 53.3 Å². The predicted octanol–water partition coefficient (Wildman–Crippen LogP) is 3.02. The molecule has 2 aromatic heterocycles. The summed E-state index contributed by atoms with van der Waals surface area (Å²) in [6.45, 7) is 0.